The third kappa shape index (κ3) is 3.56. The molecule has 0 radical (unpaired) electrons. The molecule has 15 heavy (non-hydrogen) atoms. The van der Waals surface area contributed by atoms with Crippen molar-refractivity contribution in [2.24, 2.45) is 5.10 Å². The average molecular weight is 273 g/mol. The molecule has 0 aliphatic carbocycles. The second kappa shape index (κ2) is 5.32. The monoisotopic (exact) mass is 272 g/mol. The van der Waals surface area contributed by atoms with Crippen LogP contribution in [0, 0.1) is 5.41 Å². The van der Waals surface area contributed by atoms with Crippen LogP contribution < -0.4 is 10.9 Å². The molecular formula is C8H9BrN4O2. The highest BCUT2D eigenvalue weighted by Gasteiger charge is 1.98. The first-order valence-electron chi connectivity index (χ1n) is 3.89. The number of phenols is 1. The van der Waals surface area contributed by atoms with Gasteiger partial charge in [0, 0.05) is 10.0 Å². The third-order valence-corrected chi connectivity index (χ3v) is 1.97. The SMILES string of the molecule is N=C(NO)N/N=C/c1cc(Br)ccc1O. The van der Waals surface area contributed by atoms with Crippen LogP contribution in [0.15, 0.2) is 27.8 Å². The lowest BCUT2D eigenvalue weighted by molar-refractivity contribution is 0.228. The minimum atomic E-state index is -0.360. The summed E-state index contributed by atoms with van der Waals surface area (Å²) in [7, 11) is 0. The average Bonchev–Trinajstić information content (AvgIpc) is 2.23. The molecular weight excluding hydrogens is 264 g/mol. The Hall–Kier alpha value is -1.60. The van der Waals surface area contributed by atoms with Crippen LogP contribution in [-0.2, 0) is 0 Å². The molecule has 0 saturated heterocycles. The Labute approximate surface area is 94.2 Å². The van der Waals surface area contributed by atoms with Crippen LogP contribution in [0.4, 0.5) is 0 Å². The summed E-state index contributed by atoms with van der Waals surface area (Å²) in [6, 6.07) is 4.87. The number of nitrogens with one attached hydrogen (secondary N) is 3. The zero-order valence-electron chi connectivity index (χ0n) is 7.53. The van der Waals surface area contributed by atoms with Gasteiger partial charge in [0.2, 0.25) is 5.96 Å². The van der Waals surface area contributed by atoms with E-state index in [-0.39, 0.29) is 11.7 Å². The Balaban J connectivity index is 2.71. The van der Waals surface area contributed by atoms with Crippen LogP contribution in [0.1, 0.15) is 5.56 Å². The van der Waals surface area contributed by atoms with Gasteiger partial charge in [-0.1, -0.05) is 15.9 Å². The largest absolute Gasteiger partial charge is 0.507 e. The van der Waals surface area contributed by atoms with Gasteiger partial charge in [0.1, 0.15) is 5.75 Å². The predicted molar refractivity (Wildman–Crippen MR) is 59.2 cm³/mol. The van der Waals surface area contributed by atoms with E-state index >= 15 is 0 Å². The molecule has 1 aromatic rings. The van der Waals surface area contributed by atoms with E-state index in [2.05, 4.69) is 26.5 Å². The van der Waals surface area contributed by atoms with Crippen LogP contribution in [0.25, 0.3) is 0 Å². The molecule has 0 heterocycles. The van der Waals surface area contributed by atoms with Crippen molar-refractivity contribution in [3.05, 3.63) is 28.2 Å². The van der Waals surface area contributed by atoms with E-state index in [1.165, 1.54) is 12.3 Å². The van der Waals surface area contributed by atoms with Crippen molar-refractivity contribution in [1.29, 1.82) is 5.41 Å². The summed E-state index contributed by atoms with van der Waals surface area (Å²) < 4.78 is 0.803. The molecule has 7 heteroatoms. The first-order valence-corrected chi connectivity index (χ1v) is 4.69. The van der Waals surface area contributed by atoms with Gasteiger partial charge in [-0.15, -0.1) is 0 Å². The number of hydrazone groups is 1. The number of phenolic OH excluding ortho intramolecular Hbond substituents is 1. The second-order valence-electron chi connectivity index (χ2n) is 2.56. The molecule has 0 spiro atoms. The summed E-state index contributed by atoms with van der Waals surface area (Å²) >= 11 is 3.24. The molecule has 0 aliphatic rings. The standard InChI is InChI=1S/C8H9BrN4O2/c9-6-1-2-7(14)5(3-6)4-11-12-8(10)13-15/h1-4,14-15H,(H3,10,12,13)/b11-4+. The van der Waals surface area contributed by atoms with Gasteiger partial charge in [-0.05, 0) is 18.2 Å². The summed E-state index contributed by atoms with van der Waals surface area (Å²) in [6.07, 6.45) is 1.33. The summed E-state index contributed by atoms with van der Waals surface area (Å²) in [5.41, 5.74) is 4.25. The molecule has 80 valence electrons. The number of halogens is 1. The van der Waals surface area contributed by atoms with Gasteiger partial charge in [0.25, 0.3) is 0 Å². The van der Waals surface area contributed by atoms with Gasteiger partial charge in [-0.3, -0.25) is 10.6 Å². The fourth-order valence-electron chi connectivity index (χ4n) is 0.820. The van der Waals surface area contributed by atoms with Crippen LogP contribution in [-0.4, -0.2) is 22.5 Å². The number of aromatic hydroxyl groups is 1. The zero-order valence-corrected chi connectivity index (χ0v) is 9.12. The Morgan fingerprint density at radius 2 is 2.27 bits per heavy atom. The Morgan fingerprint density at radius 1 is 1.53 bits per heavy atom. The number of guanidine groups is 1. The van der Waals surface area contributed by atoms with Gasteiger partial charge >= 0.3 is 0 Å². The van der Waals surface area contributed by atoms with Gasteiger partial charge in [-0.2, -0.15) is 5.10 Å². The highest BCUT2D eigenvalue weighted by molar-refractivity contribution is 9.10. The number of hydrogen-bond acceptors (Lipinski definition) is 4. The van der Waals surface area contributed by atoms with Crippen LogP contribution in [0.2, 0.25) is 0 Å². The highest BCUT2D eigenvalue weighted by Crippen LogP contribution is 2.19. The van der Waals surface area contributed by atoms with Crippen LogP contribution in [0.5, 0.6) is 5.75 Å². The summed E-state index contributed by atoms with van der Waals surface area (Å²) in [6.45, 7) is 0. The van der Waals surface area contributed by atoms with Gasteiger partial charge in [-0.25, -0.2) is 10.9 Å². The van der Waals surface area contributed by atoms with E-state index in [4.69, 9.17) is 10.6 Å². The first-order chi connectivity index (χ1) is 7.13. The molecule has 0 atom stereocenters. The fraction of sp³-hybridized carbons (Fsp3) is 0. The van der Waals surface area contributed by atoms with Crippen molar-refractivity contribution >= 4 is 28.1 Å². The predicted octanol–water partition coefficient (Wildman–Crippen LogP) is 0.992. The quantitative estimate of drug-likeness (QED) is 0.315. The number of rotatable bonds is 2. The van der Waals surface area contributed by atoms with Crippen molar-refractivity contribution in [1.82, 2.24) is 10.9 Å². The maximum Gasteiger partial charge on any atom is 0.233 e. The maximum atomic E-state index is 9.40. The second-order valence-corrected chi connectivity index (χ2v) is 3.48. The molecule has 0 bridgehead atoms. The molecule has 0 aliphatic heterocycles. The molecule has 0 unspecified atom stereocenters. The Kier molecular flexibility index (Phi) is 4.07. The summed E-state index contributed by atoms with van der Waals surface area (Å²) in [4.78, 5) is 0. The molecule has 6 nitrogen and oxygen atoms in total. The van der Waals surface area contributed by atoms with E-state index in [1.54, 1.807) is 17.6 Å². The lowest BCUT2D eigenvalue weighted by atomic mass is 10.2. The molecule has 0 fully saturated rings. The number of nitrogens with zero attached hydrogens (tertiary/aromatic N) is 1. The highest BCUT2D eigenvalue weighted by atomic mass is 79.9. The number of hydroxylamine groups is 1. The van der Waals surface area contributed by atoms with E-state index in [0.29, 0.717) is 5.56 Å². The van der Waals surface area contributed by atoms with E-state index < -0.39 is 0 Å². The maximum absolute atomic E-state index is 9.40. The minimum Gasteiger partial charge on any atom is -0.507 e. The van der Waals surface area contributed by atoms with Crippen molar-refractivity contribution < 1.29 is 10.3 Å². The van der Waals surface area contributed by atoms with Crippen molar-refractivity contribution in [3.8, 4) is 5.75 Å². The van der Waals surface area contributed by atoms with Crippen molar-refractivity contribution in [2.45, 2.75) is 0 Å². The van der Waals surface area contributed by atoms with Crippen LogP contribution in [0.3, 0.4) is 0 Å². The summed E-state index contributed by atoms with van der Waals surface area (Å²) in [5, 5.41) is 28.2. The lowest BCUT2D eigenvalue weighted by Gasteiger charge is -2.00. The van der Waals surface area contributed by atoms with Crippen molar-refractivity contribution in [2.75, 3.05) is 0 Å². The minimum absolute atomic E-state index is 0.0761. The molecule has 1 aromatic carbocycles. The van der Waals surface area contributed by atoms with Gasteiger partial charge in [0.05, 0.1) is 6.21 Å². The zero-order chi connectivity index (χ0) is 11.3. The molecule has 0 saturated carbocycles. The number of hydrogen-bond donors (Lipinski definition) is 5. The molecule has 0 amide bonds. The molecule has 5 N–H and O–H groups in total. The molecule has 0 aromatic heterocycles. The van der Waals surface area contributed by atoms with Crippen molar-refractivity contribution in [3.63, 3.8) is 0 Å². The normalized spacial score (nSPS) is 10.3. The smallest absolute Gasteiger partial charge is 0.233 e. The lowest BCUT2D eigenvalue weighted by Crippen LogP contribution is -2.30. The summed E-state index contributed by atoms with van der Waals surface area (Å²) in [5.74, 6) is -0.284. The van der Waals surface area contributed by atoms with E-state index in [1.807, 2.05) is 0 Å². The topological polar surface area (TPSA) is 101 Å². The fourth-order valence-corrected chi connectivity index (χ4v) is 1.20. The van der Waals surface area contributed by atoms with Crippen LogP contribution >= 0.6 is 15.9 Å². The Morgan fingerprint density at radius 3 is 2.93 bits per heavy atom. The Bertz CT molecular complexity index is 394. The third-order valence-electron chi connectivity index (χ3n) is 1.48. The first kappa shape index (κ1) is 11.5. The van der Waals surface area contributed by atoms with E-state index in [0.717, 1.165) is 4.47 Å². The molecule has 1 rings (SSSR count). The van der Waals surface area contributed by atoms with E-state index in [9.17, 15) is 5.11 Å². The number of benzene rings is 1. The van der Waals surface area contributed by atoms with Gasteiger partial charge < -0.3 is 5.11 Å². The van der Waals surface area contributed by atoms with Gasteiger partial charge in [0.15, 0.2) is 0 Å².